The Morgan fingerprint density at radius 2 is 1.92 bits per heavy atom. The monoisotopic (exact) mass is 168 g/mol. The molecule has 0 saturated carbocycles. The number of rotatable bonds is 1. The van der Waals surface area contributed by atoms with E-state index in [4.69, 9.17) is 12.8 Å². The molecule has 0 aliphatic rings. The zero-order chi connectivity index (χ0) is 9.90. The summed E-state index contributed by atoms with van der Waals surface area (Å²) in [4.78, 5) is 0. The predicted octanol–water partition coefficient (Wildman–Crippen LogP) is 2.58. The summed E-state index contributed by atoms with van der Waals surface area (Å²) in [5.41, 5.74) is 1.72. The fourth-order valence-electron chi connectivity index (χ4n) is 1.08. The molecule has 0 aliphatic carbocycles. The van der Waals surface area contributed by atoms with Crippen molar-refractivity contribution >= 4 is 0 Å². The summed E-state index contributed by atoms with van der Waals surface area (Å²) in [5, 5.41) is 0. The molecule has 0 heteroatoms. The fraction of sp³-hybridized carbons (Fsp3) is 0.231. The number of hydrogen-bond acceptors (Lipinski definition) is 0. The predicted molar refractivity (Wildman–Crippen MR) is 56.2 cm³/mol. The first-order chi connectivity index (χ1) is 6.10. The Bertz CT molecular complexity index is 383. The van der Waals surface area contributed by atoms with Crippen LogP contribution in [0.2, 0.25) is 0 Å². The Labute approximate surface area is 80.0 Å². The fourth-order valence-corrected chi connectivity index (χ4v) is 1.08. The van der Waals surface area contributed by atoms with Crippen molar-refractivity contribution in [1.82, 2.24) is 0 Å². The minimum absolute atomic E-state index is 0.243. The van der Waals surface area contributed by atoms with Gasteiger partial charge in [0.05, 0.1) is 5.41 Å². The van der Waals surface area contributed by atoms with Gasteiger partial charge in [0.25, 0.3) is 0 Å². The second kappa shape index (κ2) is 3.38. The Morgan fingerprint density at radius 3 is 2.46 bits per heavy atom. The van der Waals surface area contributed by atoms with E-state index in [1.807, 2.05) is 38.1 Å². The van der Waals surface area contributed by atoms with E-state index in [0.29, 0.717) is 0 Å². The Hall–Kier alpha value is -1.66. The van der Waals surface area contributed by atoms with E-state index in [1.54, 1.807) is 0 Å². The van der Waals surface area contributed by atoms with E-state index in [-0.39, 0.29) is 5.41 Å². The highest BCUT2D eigenvalue weighted by atomic mass is 14.2. The van der Waals surface area contributed by atoms with Gasteiger partial charge in [-0.2, -0.15) is 0 Å². The van der Waals surface area contributed by atoms with Crippen LogP contribution in [0.1, 0.15) is 25.0 Å². The maximum atomic E-state index is 5.43. The molecule has 0 nitrogen and oxygen atoms in total. The Kier molecular flexibility index (Phi) is 2.45. The first kappa shape index (κ1) is 9.43. The molecule has 0 amide bonds. The minimum atomic E-state index is -0.243. The van der Waals surface area contributed by atoms with Gasteiger partial charge in [-0.1, -0.05) is 24.0 Å². The average molecular weight is 168 g/mol. The maximum absolute atomic E-state index is 5.43. The summed E-state index contributed by atoms with van der Waals surface area (Å²) in [5.74, 6) is 5.34. The quantitative estimate of drug-likeness (QED) is 0.565. The van der Waals surface area contributed by atoms with Crippen LogP contribution in [0.5, 0.6) is 0 Å². The van der Waals surface area contributed by atoms with Gasteiger partial charge in [0.2, 0.25) is 0 Å². The highest BCUT2D eigenvalue weighted by Gasteiger charge is 2.16. The SMILES string of the molecule is C#Cc1cccc(C(C)(C)C#C)c1. The average Bonchev–Trinajstić information content (AvgIpc) is 2.18. The summed E-state index contributed by atoms with van der Waals surface area (Å²) in [6.45, 7) is 4.01. The normalized spacial score (nSPS) is 10.2. The van der Waals surface area contributed by atoms with Gasteiger partial charge in [-0.3, -0.25) is 0 Å². The first-order valence-corrected chi connectivity index (χ1v) is 4.15. The van der Waals surface area contributed by atoms with Gasteiger partial charge in [0.15, 0.2) is 0 Å². The molecule has 0 spiro atoms. The molecule has 0 aliphatic heterocycles. The van der Waals surface area contributed by atoms with Gasteiger partial charge in [0.1, 0.15) is 0 Å². The van der Waals surface area contributed by atoms with Crippen molar-refractivity contribution in [1.29, 1.82) is 0 Å². The number of hydrogen-bond donors (Lipinski definition) is 0. The lowest BCUT2D eigenvalue weighted by atomic mass is 9.85. The van der Waals surface area contributed by atoms with Gasteiger partial charge in [-0.15, -0.1) is 12.8 Å². The summed E-state index contributed by atoms with van der Waals surface area (Å²) >= 11 is 0. The Balaban J connectivity index is 3.20. The van der Waals surface area contributed by atoms with E-state index in [9.17, 15) is 0 Å². The van der Waals surface area contributed by atoms with Crippen LogP contribution in [0.3, 0.4) is 0 Å². The van der Waals surface area contributed by atoms with Crippen LogP contribution in [0.25, 0.3) is 0 Å². The summed E-state index contributed by atoms with van der Waals surface area (Å²) in [6.07, 6.45) is 10.7. The summed E-state index contributed by atoms with van der Waals surface area (Å²) < 4.78 is 0. The third-order valence-electron chi connectivity index (χ3n) is 2.11. The van der Waals surface area contributed by atoms with Crippen molar-refractivity contribution in [2.24, 2.45) is 0 Å². The third-order valence-corrected chi connectivity index (χ3v) is 2.11. The van der Waals surface area contributed by atoms with Gasteiger partial charge < -0.3 is 0 Å². The van der Waals surface area contributed by atoms with E-state index in [1.165, 1.54) is 0 Å². The molecule has 0 aromatic heterocycles. The van der Waals surface area contributed by atoms with Crippen molar-refractivity contribution in [2.45, 2.75) is 19.3 Å². The molecule has 13 heavy (non-hydrogen) atoms. The topological polar surface area (TPSA) is 0 Å². The van der Waals surface area contributed by atoms with Crippen LogP contribution < -0.4 is 0 Å². The molecular weight excluding hydrogens is 156 g/mol. The van der Waals surface area contributed by atoms with Crippen LogP contribution in [0.4, 0.5) is 0 Å². The van der Waals surface area contributed by atoms with Crippen LogP contribution in [0, 0.1) is 24.7 Å². The van der Waals surface area contributed by atoms with Crippen molar-refractivity contribution in [3.8, 4) is 24.7 Å². The molecule has 64 valence electrons. The zero-order valence-electron chi connectivity index (χ0n) is 7.96. The molecule has 1 aromatic carbocycles. The Morgan fingerprint density at radius 1 is 1.23 bits per heavy atom. The molecule has 0 radical (unpaired) electrons. The summed E-state index contributed by atoms with van der Waals surface area (Å²) in [7, 11) is 0. The molecule has 0 N–H and O–H groups in total. The van der Waals surface area contributed by atoms with Gasteiger partial charge in [-0.25, -0.2) is 0 Å². The molecular formula is C13H12. The maximum Gasteiger partial charge on any atom is 0.0504 e. The molecule has 0 heterocycles. The second-order valence-electron chi connectivity index (χ2n) is 3.49. The van der Waals surface area contributed by atoms with Crippen LogP contribution in [-0.4, -0.2) is 0 Å². The van der Waals surface area contributed by atoms with Crippen molar-refractivity contribution in [3.63, 3.8) is 0 Å². The zero-order valence-corrected chi connectivity index (χ0v) is 7.96. The third kappa shape index (κ3) is 1.92. The second-order valence-corrected chi connectivity index (χ2v) is 3.49. The van der Waals surface area contributed by atoms with Gasteiger partial charge in [-0.05, 0) is 31.5 Å². The van der Waals surface area contributed by atoms with Gasteiger partial charge in [0, 0.05) is 5.56 Å². The van der Waals surface area contributed by atoms with Crippen molar-refractivity contribution < 1.29 is 0 Å². The van der Waals surface area contributed by atoms with E-state index in [0.717, 1.165) is 11.1 Å². The first-order valence-electron chi connectivity index (χ1n) is 4.15. The summed E-state index contributed by atoms with van der Waals surface area (Å²) in [6, 6.07) is 7.79. The van der Waals surface area contributed by atoms with Crippen LogP contribution >= 0.6 is 0 Å². The number of terminal acetylenes is 2. The standard InChI is InChI=1S/C13H12/c1-5-11-8-7-9-12(10-11)13(3,4)6-2/h1-2,7-10H,3-4H3. The van der Waals surface area contributed by atoms with Crippen molar-refractivity contribution in [2.75, 3.05) is 0 Å². The molecule has 1 rings (SSSR count). The van der Waals surface area contributed by atoms with E-state index >= 15 is 0 Å². The molecule has 0 bridgehead atoms. The van der Waals surface area contributed by atoms with Gasteiger partial charge >= 0.3 is 0 Å². The molecule has 0 saturated heterocycles. The van der Waals surface area contributed by atoms with E-state index in [2.05, 4.69) is 11.8 Å². The number of benzene rings is 1. The van der Waals surface area contributed by atoms with E-state index < -0.39 is 0 Å². The molecule has 0 atom stereocenters. The van der Waals surface area contributed by atoms with Crippen LogP contribution in [-0.2, 0) is 5.41 Å². The molecule has 1 aromatic rings. The smallest absolute Gasteiger partial charge is 0.0504 e. The highest BCUT2D eigenvalue weighted by Crippen LogP contribution is 2.22. The highest BCUT2D eigenvalue weighted by molar-refractivity contribution is 5.40. The van der Waals surface area contributed by atoms with Crippen LogP contribution in [0.15, 0.2) is 24.3 Å². The van der Waals surface area contributed by atoms with Crippen molar-refractivity contribution in [3.05, 3.63) is 35.4 Å². The minimum Gasteiger partial charge on any atom is -0.119 e. The lowest BCUT2D eigenvalue weighted by molar-refractivity contribution is 0.699. The molecule has 0 unspecified atom stereocenters. The lowest BCUT2D eigenvalue weighted by Crippen LogP contribution is -2.13. The molecule has 0 fully saturated rings. The largest absolute Gasteiger partial charge is 0.119 e. The lowest BCUT2D eigenvalue weighted by Gasteiger charge is -2.17.